The van der Waals surface area contributed by atoms with Gasteiger partial charge in [0.15, 0.2) is 0 Å². The predicted octanol–water partition coefficient (Wildman–Crippen LogP) is 1.84. The van der Waals surface area contributed by atoms with Crippen LogP contribution in [-0.2, 0) is 16.1 Å². The zero-order valence-electron chi connectivity index (χ0n) is 19.4. The quantitative estimate of drug-likeness (QED) is 0.614. The lowest BCUT2D eigenvalue weighted by atomic mass is 9.96. The Hall–Kier alpha value is -3.88. The second-order valence-corrected chi connectivity index (χ2v) is 9.33. The Morgan fingerprint density at radius 2 is 1.77 bits per heavy atom. The molecule has 3 N–H and O–H groups in total. The van der Waals surface area contributed by atoms with Crippen LogP contribution in [0.5, 0.6) is 5.75 Å². The van der Waals surface area contributed by atoms with Crippen molar-refractivity contribution in [2.75, 3.05) is 24.6 Å². The van der Waals surface area contributed by atoms with Crippen molar-refractivity contribution >= 4 is 29.3 Å². The number of nitrogens with two attached hydrogens (primary N) is 1. The third-order valence-electron chi connectivity index (χ3n) is 7.14. The Morgan fingerprint density at radius 3 is 2.46 bits per heavy atom. The first-order valence-electron chi connectivity index (χ1n) is 11.9. The normalized spacial score (nSPS) is 20.6. The molecule has 2 saturated heterocycles. The fraction of sp³-hybridized carbons (Fsp3) is 0.385. The van der Waals surface area contributed by atoms with Crippen LogP contribution in [0.25, 0.3) is 0 Å². The number of nitrogens with one attached hydrogen (secondary N) is 1. The van der Waals surface area contributed by atoms with Gasteiger partial charge in [0.05, 0.1) is 6.61 Å². The van der Waals surface area contributed by atoms with Crippen molar-refractivity contribution in [1.29, 1.82) is 0 Å². The van der Waals surface area contributed by atoms with Gasteiger partial charge in [0.25, 0.3) is 5.91 Å². The second-order valence-electron chi connectivity index (χ2n) is 9.33. The van der Waals surface area contributed by atoms with Crippen LogP contribution in [-0.4, -0.2) is 54.3 Å². The third kappa shape index (κ3) is 4.58. The number of fused-ring (bicyclic) bond motifs is 1. The lowest BCUT2D eigenvalue weighted by Crippen LogP contribution is -2.52. The Bertz CT molecular complexity index is 1170. The summed E-state index contributed by atoms with van der Waals surface area (Å²) in [4.78, 5) is 52.1. The van der Waals surface area contributed by atoms with Crippen molar-refractivity contribution < 1.29 is 23.9 Å². The number of amides is 4. The lowest BCUT2D eigenvalue weighted by molar-refractivity contribution is -0.136. The molecule has 9 nitrogen and oxygen atoms in total. The highest BCUT2D eigenvalue weighted by Crippen LogP contribution is 2.35. The molecule has 3 heterocycles. The molecule has 4 amide bonds. The highest BCUT2D eigenvalue weighted by Gasteiger charge is 2.40. The van der Waals surface area contributed by atoms with Crippen molar-refractivity contribution in [3.63, 3.8) is 0 Å². The van der Waals surface area contributed by atoms with Gasteiger partial charge in [0.2, 0.25) is 17.7 Å². The molecule has 5 rings (SSSR count). The van der Waals surface area contributed by atoms with Gasteiger partial charge in [-0.25, -0.2) is 0 Å². The number of primary amides is 1. The Morgan fingerprint density at radius 1 is 1.03 bits per heavy atom. The van der Waals surface area contributed by atoms with E-state index in [0.717, 1.165) is 37.2 Å². The molecule has 2 aromatic carbocycles. The van der Waals surface area contributed by atoms with Gasteiger partial charge in [0, 0.05) is 48.4 Å². The summed E-state index contributed by atoms with van der Waals surface area (Å²) in [5.74, 6) is -0.175. The van der Waals surface area contributed by atoms with Gasteiger partial charge in [-0.05, 0) is 61.6 Å². The summed E-state index contributed by atoms with van der Waals surface area (Å²) in [5, 5.41) is 2.35. The molecule has 9 heteroatoms. The van der Waals surface area contributed by atoms with E-state index in [-0.39, 0.29) is 18.2 Å². The Kier molecular flexibility index (Phi) is 6.15. The molecule has 1 atom stereocenters. The van der Waals surface area contributed by atoms with Crippen LogP contribution in [0.3, 0.4) is 0 Å². The van der Waals surface area contributed by atoms with Gasteiger partial charge < -0.3 is 20.3 Å². The van der Waals surface area contributed by atoms with Gasteiger partial charge in [-0.2, -0.15) is 0 Å². The highest BCUT2D eigenvalue weighted by atomic mass is 16.5. The summed E-state index contributed by atoms with van der Waals surface area (Å²) in [6, 6.07) is 12.0. The van der Waals surface area contributed by atoms with Crippen LogP contribution >= 0.6 is 0 Å². The minimum atomic E-state index is -0.611. The van der Waals surface area contributed by atoms with Crippen molar-refractivity contribution in [3.05, 3.63) is 59.2 Å². The zero-order valence-corrected chi connectivity index (χ0v) is 19.4. The summed E-state index contributed by atoms with van der Waals surface area (Å²) in [6.07, 6.45) is 2.51. The van der Waals surface area contributed by atoms with Gasteiger partial charge in [-0.15, -0.1) is 0 Å². The van der Waals surface area contributed by atoms with Crippen LogP contribution < -0.4 is 20.7 Å². The lowest BCUT2D eigenvalue weighted by Gasteiger charge is -2.35. The fourth-order valence-electron chi connectivity index (χ4n) is 5.14. The fourth-order valence-corrected chi connectivity index (χ4v) is 5.14. The largest absolute Gasteiger partial charge is 0.493 e. The number of nitrogens with zero attached hydrogens (tertiary/aromatic N) is 2. The molecule has 2 aromatic rings. The average molecular weight is 477 g/mol. The summed E-state index contributed by atoms with van der Waals surface area (Å²) in [5.41, 5.74) is 8.35. The molecule has 0 radical (unpaired) electrons. The molecule has 0 aliphatic carbocycles. The molecule has 0 spiro atoms. The number of carbonyl (C=O) groups is 4. The summed E-state index contributed by atoms with van der Waals surface area (Å²) in [6.45, 7) is 2.66. The van der Waals surface area contributed by atoms with E-state index in [1.165, 1.54) is 0 Å². The molecule has 182 valence electrons. The van der Waals surface area contributed by atoms with Crippen molar-refractivity contribution in [1.82, 2.24) is 10.2 Å². The van der Waals surface area contributed by atoms with E-state index < -0.39 is 17.9 Å². The van der Waals surface area contributed by atoms with E-state index in [1.807, 2.05) is 18.2 Å². The summed E-state index contributed by atoms with van der Waals surface area (Å²) < 4.78 is 5.92. The topological polar surface area (TPSA) is 122 Å². The smallest absolute Gasteiger partial charge is 0.255 e. The predicted molar refractivity (Wildman–Crippen MR) is 128 cm³/mol. The zero-order chi connectivity index (χ0) is 24.5. The van der Waals surface area contributed by atoms with E-state index in [2.05, 4.69) is 10.2 Å². The monoisotopic (exact) mass is 476 g/mol. The summed E-state index contributed by atoms with van der Waals surface area (Å²) in [7, 11) is 0. The van der Waals surface area contributed by atoms with Crippen molar-refractivity contribution in [2.24, 2.45) is 11.7 Å². The molecule has 3 aliphatic heterocycles. The number of rotatable bonds is 6. The van der Waals surface area contributed by atoms with Crippen LogP contribution in [0.1, 0.15) is 52.0 Å². The molecular formula is C26H28N4O5. The first-order valence-corrected chi connectivity index (χ1v) is 11.9. The number of hydrogen-bond donors (Lipinski definition) is 2. The maximum atomic E-state index is 13.1. The Balaban J connectivity index is 1.20. The molecule has 0 aromatic heterocycles. The number of benzene rings is 2. The SMILES string of the molecule is NC(=O)c1ccc(OCC2CCN(c3cccc4c3CN(C3CCC(=O)NC3=O)C4=O)CC2)cc1. The van der Waals surface area contributed by atoms with Gasteiger partial charge >= 0.3 is 0 Å². The van der Waals surface area contributed by atoms with Gasteiger partial charge in [-0.1, -0.05) is 6.07 Å². The molecular weight excluding hydrogens is 448 g/mol. The first-order chi connectivity index (χ1) is 16.9. The van der Waals surface area contributed by atoms with Gasteiger partial charge in [0.1, 0.15) is 11.8 Å². The number of piperidine rings is 2. The van der Waals surface area contributed by atoms with Crippen LogP contribution in [0, 0.1) is 5.92 Å². The second kappa shape index (κ2) is 9.40. The van der Waals surface area contributed by atoms with Crippen LogP contribution in [0.4, 0.5) is 5.69 Å². The minimum absolute atomic E-state index is 0.151. The minimum Gasteiger partial charge on any atom is -0.493 e. The van der Waals surface area contributed by atoms with Crippen LogP contribution in [0.15, 0.2) is 42.5 Å². The van der Waals surface area contributed by atoms with Gasteiger partial charge in [-0.3, -0.25) is 24.5 Å². The molecule has 0 bridgehead atoms. The first kappa shape index (κ1) is 22.9. The molecule has 2 fully saturated rings. The summed E-state index contributed by atoms with van der Waals surface area (Å²) >= 11 is 0. The van der Waals surface area contributed by atoms with E-state index in [9.17, 15) is 19.2 Å². The molecule has 35 heavy (non-hydrogen) atoms. The standard InChI is InChI=1S/C26H28N4O5/c27-24(32)17-4-6-18(7-5-17)35-15-16-10-12-29(13-11-16)21-3-1-2-19-20(21)14-30(26(19)34)22-8-9-23(31)28-25(22)33/h1-7,16,22H,8-15H2,(H2,27,32)(H,28,31,33). The number of ether oxygens (including phenoxy) is 1. The average Bonchev–Trinajstić information content (AvgIpc) is 3.19. The van der Waals surface area contributed by atoms with Crippen molar-refractivity contribution in [2.45, 2.75) is 38.3 Å². The van der Waals surface area contributed by atoms with E-state index in [0.29, 0.717) is 42.4 Å². The molecule has 3 aliphatic rings. The van der Waals surface area contributed by atoms with Crippen LogP contribution in [0.2, 0.25) is 0 Å². The van der Waals surface area contributed by atoms with E-state index >= 15 is 0 Å². The maximum absolute atomic E-state index is 13.1. The van der Waals surface area contributed by atoms with E-state index in [4.69, 9.17) is 10.5 Å². The number of hydrogen-bond acceptors (Lipinski definition) is 6. The number of imide groups is 1. The highest BCUT2D eigenvalue weighted by molar-refractivity contribution is 6.06. The number of anilines is 1. The molecule has 1 unspecified atom stereocenters. The number of carbonyl (C=O) groups excluding carboxylic acids is 4. The Labute approximate surface area is 203 Å². The molecule has 0 saturated carbocycles. The maximum Gasteiger partial charge on any atom is 0.255 e. The van der Waals surface area contributed by atoms with E-state index in [1.54, 1.807) is 29.2 Å². The third-order valence-corrected chi connectivity index (χ3v) is 7.14. The van der Waals surface area contributed by atoms with Crippen molar-refractivity contribution in [3.8, 4) is 5.75 Å².